The smallest absolute Gasteiger partial charge is 0.298 e. The first-order chi connectivity index (χ1) is 9.07. The molecule has 96 valence electrons. The molecule has 0 bridgehead atoms. The quantitative estimate of drug-likeness (QED) is 0.841. The zero-order valence-electron chi connectivity index (χ0n) is 10.2. The van der Waals surface area contributed by atoms with Crippen molar-refractivity contribution in [3.05, 3.63) is 65.2 Å². The Kier molecular flexibility index (Phi) is 3.48. The predicted octanol–water partition coefficient (Wildman–Crippen LogP) is 3.71. The molecule has 0 spiro atoms. The molecule has 19 heavy (non-hydrogen) atoms. The molecule has 0 radical (unpaired) electrons. The maximum absolute atomic E-state index is 14.2. The van der Waals surface area contributed by atoms with Gasteiger partial charge in [0.25, 0.3) is 5.92 Å². The van der Waals surface area contributed by atoms with Gasteiger partial charge in [-0.15, -0.1) is 0 Å². The molecule has 2 nitrogen and oxygen atoms in total. The number of methoxy groups -OCH3 is 1. The van der Waals surface area contributed by atoms with Crippen molar-refractivity contribution < 1.29 is 13.5 Å². The molecule has 0 unspecified atom stereocenters. The molecule has 0 heterocycles. The van der Waals surface area contributed by atoms with Gasteiger partial charge in [-0.3, -0.25) is 0 Å². The van der Waals surface area contributed by atoms with Crippen LogP contribution in [0.5, 0.6) is 5.75 Å². The Balaban J connectivity index is 2.36. The molecule has 0 amide bonds. The van der Waals surface area contributed by atoms with Crippen LogP contribution in [0.15, 0.2) is 48.5 Å². The number of nitriles is 1. The van der Waals surface area contributed by atoms with Crippen molar-refractivity contribution in [3.63, 3.8) is 0 Å². The fraction of sp³-hybridized carbons (Fsp3) is 0.133. The largest absolute Gasteiger partial charge is 0.497 e. The van der Waals surface area contributed by atoms with Crippen LogP contribution in [0.1, 0.15) is 16.7 Å². The number of nitrogens with zero attached hydrogens (tertiary/aromatic N) is 1. The van der Waals surface area contributed by atoms with E-state index >= 15 is 0 Å². The third-order valence-corrected chi connectivity index (χ3v) is 2.83. The number of ether oxygens (including phenoxy) is 1. The molecule has 4 heteroatoms. The minimum atomic E-state index is -3.10. The Labute approximate surface area is 109 Å². The van der Waals surface area contributed by atoms with Gasteiger partial charge in [0, 0.05) is 11.1 Å². The molecule has 0 fully saturated rings. The standard InChI is InChI=1S/C15H11F2NO/c1-19-14-8-6-13(7-9-14)15(16,17)12-4-2-11(10-18)3-5-12/h2-9H,1H3. The summed E-state index contributed by atoms with van der Waals surface area (Å²) in [4.78, 5) is 0. The third kappa shape index (κ3) is 2.55. The molecule has 0 atom stereocenters. The fourth-order valence-corrected chi connectivity index (χ4v) is 1.72. The minimum absolute atomic E-state index is 0.113. The SMILES string of the molecule is COc1ccc(C(F)(F)c2ccc(C#N)cc2)cc1. The van der Waals surface area contributed by atoms with Crippen LogP contribution in [-0.4, -0.2) is 7.11 Å². The lowest BCUT2D eigenvalue weighted by Crippen LogP contribution is -2.15. The van der Waals surface area contributed by atoms with Crippen LogP contribution in [0.4, 0.5) is 8.78 Å². The molecular weight excluding hydrogens is 248 g/mol. The molecule has 0 saturated carbocycles. The Morgan fingerprint density at radius 2 is 1.42 bits per heavy atom. The monoisotopic (exact) mass is 259 g/mol. The van der Waals surface area contributed by atoms with Crippen LogP contribution < -0.4 is 4.74 Å². The van der Waals surface area contributed by atoms with Gasteiger partial charge in [0.05, 0.1) is 18.7 Å². The van der Waals surface area contributed by atoms with Gasteiger partial charge < -0.3 is 4.74 Å². The van der Waals surface area contributed by atoms with E-state index in [1.54, 1.807) is 0 Å². The third-order valence-electron chi connectivity index (χ3n) is 2.83. The first-order valence-corrected chi connectivity index (χ1v) is 5.61. The highest BCUT2D eigenvalue weighted by atomic mass is 19.3. The molecular formula is C15H11F2NO. The van der Waals surface area contributed by atoms with Crippen LogP contribution in [0.25, 0.3) is 0 Å². The molecule has 2 aromatic carbocycles. The molecule has 0 aliphatic carbocycles. The highest BCUT2D eigenvalue weighted by molar-refractivity contribution is 5.39. The van der Waals surface area contributed by atoms with E-state index in [0.717, 1.165) is 0 Å². The number of alkyl halides is 2. The zero-order chi connectivity index (χ0) is 13.9. The highest BCUT2D eigenvalue weighted by Gasteiger charge is 2.33. The van der Waals surface area contributed by atoms with E-state index in [2.05, 4.69) is 0 Å². The summed E-state index contributed by atoms with van der Waals surface area (Å²) in [5.74, 6) is -2.57. The summed E-state index contributed by atoms with van der Waals surface area (Å²) in [6.07, 6.45) is 0. The van der Waals surface area contributed by atoms with E-state index in [0.29, 0.717) is 11.3 Å². The topological polar surface area (TPSA) is 33.0 Å². The Morgan fingerprint density at radius 3 is 1.84 bits per heavy atom. The fourth-order valence-electron chi connectivity index (χ4n) is 1.72. The lowest BCUT2D eigenvalue weighted by atomic mass is 9.99. The van der Waals surface area contributed by atoms with Crippen molar-refractivity contribution in [1.82, 2.24) is 0 Å². The zero-order valence-corrected chi connectivity index (χ0v) is 10.2. The molecule has 2 aromatic rings. The molecule has 0 aliphatic rings. The number of rotatable bonds is 3. The summed E-state index contributed by atoms with van der Waals surface area (Å²) in [7, 11) is 1.48. The van der Waals surface area contributed by atoms with Gasteiger partial charge >= 0.3 is 0 Å². The van der Waals surface area contributed by atoms with E-state index in [1.165, 1.54) is 55.6 Å². The van der Waals surface area contributed by atoms with Crippen LogP contribution in [0.2, 0.25) is 0 Å². The van der Waals surface area contributed by atoms with Gasteiger partial charge in [-0.25, -0.2) is 0 Å². The van der Waals surface area contributed by atoms with Gasteiger partial charge in [-0.2, -0.15) is 14.0 Å². The summed E-state index contributed by atoms with van der Waals surface area (Å²) < 4.78 is 33.4. The number of hydrogen-bond acceptors (Lipinski definition) is 2. The first-order valence-electron chi connectivity index (χ1n) is 5.61. The first kappa shape index (κ1) is 13.0. The molecule has 0 N–H and O–H groups in total. The van der Waals surface area contributed by atoms with Crippen molar-refractivity contribution in [3.8, 4) is 11.8 Å². The van der Waals surface area contributed by atoms with Crippen molar-refractivity contribution >= 4 is 0 Å². The summed E-state index contributed by atoms with van der Waals surface area (Å²) in [5, 5.41) is 8.65. The maximum atomic E-state index is 14.2. The van der Waals surface area contributed by atoms with Gasteiger partial charge in [0.15, 0.2) is 0 Å². The average molecular weight is 259 g/mol. The maximum Gasteiger partial charge on any atom is 0.298 e. The van der Waals surface area contributed by atoms with Crippen molar-refractivity contribution in [1.29, 1.82) is 5.26 Å². The number of hydrogen-bond donors (Lipinski definition) is 0. The second-order valence-corrected chi connectivity index (χ2v) is 3.99. The molecule has 2 rings (SSSR count). The highest BCUT2D eigenvalue weighted by Crippen LogP contribution is 2.36. The summed E-state index contributed by atoms with van der Waals surface area (Å²) in [6.45, 7) is 0. The summed E-state index contributed by atoms with van der Waals surface area (Å²) in [5.41, 5.74) is 0.101. The predicted molar refractivity (Wildman–Crippen MR) is 67.1 cm³/mol. The molecule has 0 aliphatic heterocycles. The van der Waals surface area contributed by atoms with Gasteiger partial charge in [0.2, 0.25) is 0 Å². The normalized spacial score (nSPS) is 10.8. The van der Waals surface area contributed by atoms with Crippen LogP contribution in [0.3, 0.4) is 0 Å². The molecule has 0 saturated heterocycles. The van der Waals surface area contributed by atoms with Crippen molar-refractivity contribution in [2.75, 3.05) is 7.11 Å². The van der Waals surface area contributed by atoms with E-state index in [1.807, 2.05) is 6.07 Å². The van der Waals surface area contributed by atoms with E-state index < -0.39 is 5.92 Å². The Hall–Kier alpha value is -2.41. The lowest BCUT2D eigenvalue weighted by Gasteiger charge is -2.17. The number of halogens is 2. The van der Waals surface area contributed by atoms with Gasteiger partial charge in [0.1, 0.15) is 5.75 Å². The van der Waals surface area contributed by atoms with E-state index in [9.17, 15) is 8.78 Å². The van der Waals surface area contributed by atoms with Crippen LogP contribution in [0, 0.1) is 11.3 Å². The molecule has 0 aromatic heterocycles. The number of benzene rings is 2. The Bertz CT molecular complexity index is 598. The van der Waals surface area contributed by atoms with Crippen LogP contribution >= 0.6 is 0 Å². The van der Waals surface area contributed by atoms with Gasteiger partial charge in [-0.1, -0.05) is 12.1 Å². The minimum Gasteiger partial charge on any atom is -0.497 e. The van der Waals surface area contributed by atoms with E-state index in [-0.39, 0.29) is 11.1 Å². The van der Waals surface area contributed by atoms with Crippen LogP contribution in [-0.2, 0) is 5.92 Å². The summed E-state index contributed by atoms with van der Waals surface area (Å²) in [6, 6.07) is 12.8. The lowest BCUT2D eigenvalue weighted by molar-refractivity contribution is 0.0428. The Morgan fingerprint density at radius 1 is 0.947 bits per heavy atom. The van der Waals surface area contributed by atoms with Crippen molar-refractivity contribution in [2.45, 2.75) is 5.92 Å². The van der Waals surface area contributed by atoms with Crippen molar-refractivity contribution in [2.24, 2.45) is 0 Å². The van der Waals surface area contributed by atoms with Gasteiger partial charge in [-0.05, 0) is 36.4 Å². The second kappa shape index (κ2) is 5.07. The van der Waals surface area contributed by atoms with E-state index in [4.69, 9.17) is 10.00 Å². The summed E-state index contributed by atoms with van der Waals surface area (Å²) >= 11 is 0. The second-order valence-electron chi connectivity index (χ2n) is 3.99. The average Bonchev–Trinajstić information content (AvgIpc) is 2.47.